The smallest absolute Gasteiger partial charge is 0.0872 e. The van der Waals surface area contributed by atoms with Crippen LogP contribution >= 0.6 is 11.6 Å². The third-order valence-corrected chi connectivity index (χ3v) is 1.56. The van der Waals surface area contributed by atoms with Gasteiger partial charge in [0.15, 0.2) is 0 Å². The summed E-state index contributed by atoms with van der Waals surface area (Å²) in [5.41, 5.74) is 1.10. The van der Waals surface area contributed by atoms with Gasteiger partial charge in [-0.05, 0) is 6.07 Å². The molecular formula is C7H7BCl. The molecule has 0 aliphatic heterocycles. The molecule has 2 heteroatoms. The van der Waals surface area contributed by atoms with E-state index in [4.69, 9.17) is 11.6 Å². The second-order valence-corrected chi connectivity index (χ2v) is 2.22. The van der Waals surface area contributed by atoms with Crippen LogP contribution in [0.1, 0.15) is 0 Å². The van der Waals surface area contributed by atoms with E-state index in [0.717, 1.165) is 10.5 Å². The van der Waals surface area contributed by atoms with Gasteiger partial charge in [0.05, 0.1) is 0 Å². The molecule has 0 fully saturated rings. The van der Waals surface area contributed by atoms with E-state index < -0.39 is 0 Å². The van der Waals surface area contributed by atoms with Crippen molar-refractivity contribution in [2.75, 3.05) is 0 Å². The van der Waals surface area contributed by atoms with Crippen LogP contribution < -0.4 is 5.46 Å². The van der Waals surface area contributed by atoms with Gasteiger partial charge in [0, 0.05) is 5.02 Å². The Balaban J connectivity index is 3.01. The van der Waals surface area contributed by atoms with Crippen molar-refractivity contribution in [3.8, 4) is 0 Å². The summed E-state index contributed by atoms with van der Waals surface area (Å²) < 4.78 is 0. The topological polar surface area (TPSA) is 0 Å². The molecule has 1 radical (unpaired) electrons. The number of hydrogen-bond donors (Lipinski definition) is 0. The second kappa shape index (κ2) is 2.93. The van der Waals surface area contributed by atoms with E-state index in [2.05, 4.69) is 0 Å². The van der Waals surface area contributed by atoms with Crippen molar-refractivity contribution in [2.24, 2.45) is 0 Å². The molecular weight excluding hydrogens is 130 g/mol. The van der Waals surface area contributed by atoms with E-state index in [-0.39, 0.29) is 0 Å². The van der Waals surface area contributed by atoms with Crippen LogP contribution in [0.2, 0.25) is 11.8 Å². The van der Waals surface area contributed by atoms with Crippen LogP contribution in [0.5, 0.6) is 0 Å². The van der Waals surface area contributed by atoms with Crippen molar-refractivity contribution in [3.05, 3.63) is 29.3 Å². The first kappa shape index (κ1) is 6.69. The zero-order chi connectivity index (χ0) is 6.69. The van der Waals surface area contributed by atoms with Crippen LogP contribution in [-0.2, 0) is 0 Å². The van der Waals surface area contributed by atoms with E-state index in [1.54, 1.807) is 0 Å². The molecule has 0 heterocycles. The minimum atomic E-state index is 0.819. The Morgan fingerprint density at radius 1 is 1.33 bits per heavy atom. The molecule has 0 saturated carbocycles. The Bertz CT molecular complexity index is 198. The molecule has 0 atom stereocenters. The Hall–Kier alpha value is -0.425. The summed E-state index contributed by atoms with van der Waals surface area (Å²) in [6.45, 7) is 1.97. The standard InChI is InChI=1S/C7H7BCl/c1-8-6-4-2-3-5-7(6)9/h2-5H,1H3. The summed E-state index contributed by atoms with van der Waals surface area (Å²) in [5, 5.41) is 0.819. The summed E-state index contributed by atoms with van der Waals surface area (Å²) in [6, 6.07) is 7.77. The molecule has 0 bridgehead atoms. The van der Waals surface area contributed by atoms with Crippen LogP contribution in [0.25, 0.3) is 0 Å². The maximum absolute atomic E-state index is 5.79. The van der Waals surface area contributed by atoms with Gasteiger partial charge in [-0.3, -0.25) is 0 Å². The molecule has 0 nitrogen and oxygen atoms in total. The highest BCUT2D eigenvalue weighted by Crippen LogP contribution is 2.01. The molecule has 1 rings (SSSR count). The van der Waals surface area contributed by atoms with Crippen molar-refractivity contribution in [3.63, 3.8) is 0 Å². The molecule has 1 aromatic carbocycles. The molecule has 0 aromatic heterocycles. The monoisotopic (exact) mass is 137 g/mol. The van der Waals surface area contributed by atoms with Crippen LogP contribution in [0.3, 0.4) is 0 Å². The minimum absolute atomic E-state index is 0.819. The molecule has 0 unspecified atom stereocenters. The molecule has 0 aliphatic carbocycles. The molecule has 0 saturated heterocycles. The molecule has 0 spiro atoms. The lowest BCUT2D eigenvalue weighted by molar-refractivity contribution is 1.76. The van der Waals surface area contributed by atoms with Crippen LogP contribution in [-0.4, -0.2) is 7.28 Å². The number of rotatable bonds is 1. The van der Waals surface area contributed by atoms with Gasteiger partial charge < -0.3 is 0 Å². The van der Waals surface area contributed by atoms with Gasteiger partial charge in [-0.1, -0.05) is 42.1 Å². The lowest BCUT2D eigenvalue weighted by Crippen LogP contribution is -2.10. The van der Waals surface area contributed by atoms with Gasteiger partial charge in [0.1, 0.15) is 7.28 Å². The van der Waals surface area contributed by atoms with Gasteiger partial charge >= 0.3 is 0 Å². The molecule has 1 aromatic rings. The normalized spacial score (nSPS) is 9.11. The fraction of sp³-hybridized carbons (Fsp3) is 0.143. The second-order valence-electron chi connectivity index (χ2n) is 1.81. The number of halogens is 1. The Morgan fingerprint density at radius 3 is 2.44 bits per heavy atom. The summed E-state index contributed by atoms with van der Waals surface area (Å²) in [7, 11) is 1.99. The number of benzene rings is 1. The van der Waals surface area contributed by atoms with E-state index >= 15 is 0 Å². The van der Waals surface area contributed by atoms with E-state index in [0.29, 0.717) is 0 Å². The Kier molecular flexibility index (Phi) is 2.18. The first-order valence-electron chi connectivity index (χ1n) is 2.88. The van der Waals surface area contributed by atoms with Gasteiger partial charge in [0.25, 0.3) is 0 Å². The molecule has 45 valence electrons. The number of hydrogen-bond acceptors (Lipinski definition) is 0. The minimum Gasteiger partial charge on any atom is -0.0872 e. The van der Waals surface area contributed by atoms with Crippen molar-refractivity contribution >= 4 is 24.3 Å². The van der Waals surface area contributed by atoms with Crippen LogP contribution in [0.15, 0.2) is 24.3 Å². The predicted molar refractivity (Wildman–Crippen MR) is 42.7 cm³/mol. The zero-order valence-electron chi connectivity index (χ0n) is 5.26. The third-order valence-electron chi connectivity index (χ3n) is 1.22. The highest BCUT2D eigenvalue weighted by atomic mass is 35.5. The zero-order valence-corrected chi connectivity index (χ0v) is 6.02. The van der Waals surface area contributed by atoms with E-state index in [1.807, 2.05) is 38.4 Å². The van der Waals surface area contributed by atoms with Gasteiger partial charge in [-0.25, -0.2) is 0 Å². The predicted octanol–water partition coefficient (Wildman–Crippen LogP) is 1.72. The first-order valence-corrected chi connectivity index (χ1v) is 3.26. The first-order chi connectivity index (χ1) is 4.34. The quantitative estimate of drug-likeness (QED) is 0.517. The largest absolute Gasteiger partial charge is 0.150 e. The third kappa shape index (κ3) is 1.49. The van der Waals surface area contributed by atoms with Gasteiger partial charge in [-0.15, -0.1) is 0 Å². The van der Waals surface area contributed by atoms with Gasteiger partial charge in [0.2, 0.25) is 0 Å². The lowest BCUT2D eigenvalue weighted by atomic mass is 9.73. The highest BCUT2D eigenvalue weighted by Gasteiger charge is 1.93. The maximum atomic E-state index is 5.79. The average molecular weight is 137 g/mol. The average Bonchev–Trinajstić information content (AvgIpc) is 1.89. The van der Waals surface area contributed by atoms with Crippen LogP contribution in [0.4, 0.5) is 0 Å². The fourth-order valence-corrected chi connectivity index (χ4v) is 0.954. The molecule has 9 heavy (non-hydrogen) atoms. The lowest BCUT2D eigenvalue weighted by Gasteiger charge is -1.95. The Morgan fingerprint density at radius 2 is 2.00 bits per heavy atom. The van der Waals surface area contributed by atoms with Crippen molar-refractivity contribution < 1.29 is 0 Å². The summed E-state index contributed by atoms with van der Waals surface area (Å²) in [5.74, 6) is 0. The van der Waals surface area contributed by atoms with E-state index in [9.17, 15) is 0 Å². The van der Waals surface area contributed by atoms with Crippen LogP contribution in [0, 0.1) is 0 Å². The molecule has 0 aliphatic rings. The molecule has 0 amide bonds. The van der Waals surface area contributed by atoms with Crippen molar-refractivity contribution in [1.82, 2.24) is 0 Å². The molecule has 0 N–H and O–H groups in total. The van der Waals surface area contributed by atoms with Gasteiger partial charge in [-0.2, -0.15) is 0 Å². The van der Waals surface area contributed by atoms with Crippen molar-refractivity contribution in [2.45, 2.75) is 6.82 Å². The fourth-order valence-electron chi connectivity index (χ4n) is 0.709. The van der Waals surface area contributed by atoms with Crippen molar-refractivity contribution in [1.29, 1.82) is 0 Å². The Labute approximate surface area is 61.1 Å². The highest BCUT2D eigenvalue weighted by molar-refractivity contribution is 6.57. The SMILES string of the molecule is C[B]c1ccccc1Cl. The summed E-state index contributed by atoms with van der Waals surface area (Å²) in [6.07, 6.45) is 0. The maximum Gasteiger partial charge on any atom is 0.150 e. The summed E-state index contributed by atoms with van der Waals surface area (Å²) >= 11 is 5.79. The van der Waals surface area contributed by atoms with E-state index in [1.165, 1.54) is 0 Å². The summed E-state index contributed by atoms with van der Waals surface area (Å²) in [4.78, 5) is 0.